The molecular weight excluding hydrogens is 174 g/mol. The van der Waals surface area contributed by atoms with Gasteiger partial charge in [0.2, 0.25) is 0 Å². The van der Waals surface area contributed by atoms with E-state index in [1.165, 1.54) is 29.5 Å². The maximum atomic E-state index is 4.68. The zero-order valence-electron chi connectivity index (χ0n) is 8.54. The summed E-state index contributed by atoms with van der Waals surface area (Å²) in [6.07, 6.45) is 3.58. The van der Waals surface area contributed by atoms with E-state index in [4.69, 9.17) is 0 Å². The molecule has 3 heteroatoms. The van der Waals surface area contributed by atoms with E-state index in [1.54, 1.807) is 0 Å². The van der Waals surface area contributed by atoms with Crippen LogP contribution in [0.3, 0.4) is 0 Å². The lowest BCUT2D eigenvalue weighted by Gasteiger charge is -1.99. The molecule has 0 amide bonds. The van der Waals surface area contributed by atoms with Gasteiger partial charge in [0.15, 0.2) is 5.65 Å². The van der Waals surface area contributed by atoms with Crippen LogP contribution in [0.2, 0.25) is 0 Å². The molecule has 1 aliphatic rings. The lowest BCUT2D eigenvalue weighted by Crippen LogP contribution is -1.95. The van der Waals surface area contributed by atoms with Crippen LogP contribution in [-0.2, 0) is 19.9 Å². The number of aryl methyl sites for hydroxylation is 4. The van der Waals surface area contributed by atoms with Crippen molar-refractivity contribution in [2.45, 2.75) is 26.2 Å². The number of hydrogen-bond donors (Lipinski definition) is 0. The molecule has 14 heavy (non-hydrogen) atoms. The second kappa shape index (κ2) is 2.56. The highest BCUT2D eigenvalue weighted by Gasteiger charge is 2.16. The summed E-state index contributed by atoms with van der Waals surface area (Å²) in [6, 6.07) is 2.27. The predicted molar refractivity (Wildman–Crippen MR) is 55.3 cm³/mol. The second-order valence-corrected chi connectivity index (χ2v) is 4.03. The van der Waals surface area contributed by atoms with Crippen molar-refractivity contribution in [3.05, 3.63) is 23.0 Å². The van der Waals surface area contributed by atoms with Gasteiger partial charge in [-0.15, -0.1) is 0 Å². The first-order valence-corrected chi connectivity index (χ1v) is 5.08. The highest BCUT2D eigenvalue weighted by Crippen LogP contribution is 2.25. The number of nitrogens with zero attached hydrogens (tertiary/aromatic N) is 3. The summed E-state index contributed by atoms with van der Waals surface area (Å²) >= 11 is 0. The van der Waals surface area contributed by atoms with Crippen LogP contribution in [0.25, 0.3) is 11.0 Å². The van der Waals surface area contributed by atoms with Gasteiger partial charge in [0.1, 0.15) is 0 Å². The van der Waals surface area contributed by atoms with Crippen molar-refractivity contribution in [1.82, 2.24) is 14.8 Å². The highest BCUT2D eigenvalue weighted by atomic mass is 15.3. The van der Waals surface area contributed by atoms with Gasteiger partial charge in [-0.1, -0.05) is 0 Å². The molecule has 1 aliphatic carbocycles. The fourth-order valence-corrected chi connectivity index (χ4v) is 2.30. The first kappa shape index (κ1) is 7.97. The Morgan fingerprint density at radius 3 is 3.07 bits per heavy atom. The van der Waals surface area contributed by atoms with E-state index in [-0.39, 0.29) is 0 Å². The van der Waals surface area contributed by atoms with Crippen LogP contribution in [0.1, 0.15) is 23.4 Å². The van der Waals surface area contributed by atoms with Crippen molar-refractivity contribution in [1.29, 1.82) is 0 Å². The quantitative estimate of drug-likeness (QED) is 0.629. The van der Waals surface area contributed by atoms with Gasteiger partial charge in [-0.25, -0.2) is 4.98 Å². The molecule has 0 radical (unpaired) electrons. The third kappa shape index (κ3) is 0.924. The lowest BCUT2D eigenvalue weighted by atomic mass is 10.1. The van der Waals surface area contributed by atoms with E-state index in [9.17, 15) is 0 Å². The SMILES string of the molecule is Cc1nn(C)c2nc3c(cc12)CCC3. The van der Waals surface area contributed by atoms with Crippen molar-refractivity contribution in [3.8, 4) is 0 Å². The number of pyridine rings is 1. The van der Waals surface area contributed by atoms with E-state index in [1.807, 2.05) is 18.7 Å². The summed E-state index contributed by atoms with van der Waals surface area (Å²) in [5.74, 6) is 0. The molecule has 0 fully saturated rings. The first-order chi connectivity index (χ1) is 6.75. The Hall–Kier alpha value is -1.38. The number of aromatic nitrogens is 3. The van der Waals surface area contributed by atoms with Crippen molar-refractivity contribution in [2.24, 2.45) is 7.05 Å². The van der Waals surface area contributed by atoms with Crippen LogP contribution in [0, 0.1) is 6.92 Å². The van der Waals surface area contributed by atoms with Crippen molar-refractivity contribution >= 4 is 11.0 Å². The Labute approximate surface area is 82.8 Å². The Kier molecular flexibility index (Phi) is 1.46. The Balaban J connectivity index is 2.40. The fourth-order valence-electron chi connectivity index (χ4n) is 2.30. The topological polar surface area (TPSA) is 30.7 Å². The van der Waals surface area contributed by atoms with Gasteiger partial charge in [0.25, 0.3) is 0 Å². The van der Waals surface area contributed by atoms with Crippen molar-refractivity contribution in [2.75, 3.05) is 0 Å². The zero-order chi connectivity index (χ0) is 9.71. The van der Waals surface area contributed by atoms with Gasteiger partial charge in [-0.3, -0.25) is 4.68 Å². The molecule has 3 nitrogen and oxygen atoms in total. The van der Waals surface area contributed by atoms with Gasteiger partial charge < -0.3 is 0 Å². The van der Waals surface area contributed by atoms with E-state index in [0.29, 0.717) is 0 Å². The summed E-state index contributed by atoms with van der Waals surface area (Å²) in [4.78, 5) is 4.68. The monoisotopic (exact) mass is 187 g/mol. The predicted octanol–water partition coefficient (Wildman–Crippen LogP) is 1.77. The summed E-state index contributed by atoms with van der Waals surface area (Å²) in [5, 5.41) is 5.60. The molecule has 2 aromatic rings. The molecular formula is C11H13N3. The Bertz CT molecular complexity index is 467. The minimum absolute atomic E-state index is 1.03. The zero-order valence-corrected chi connectivity index (χ0v) is 8.54. The molecule has 0 aliphatic heterocycles. The van der Waals surface area contributed by atoms with Crippen LogP contribution in [0.4, 0.5) is 0 Å². The van der Waals surface area contributed by atoms with E-state index in [0.717, 1.165) is 17.8 Å². The third-order valence-corrected chi connectivity index (χ3v) is 3.03. The molecule has 0 atom stereocenters. The lowest BCUT2D eigenvalue weighted by molar-refractivity contribution is 0.771. The van der Waals surface area contributed by atoms with E-state index >= 15 is 0 Å². The molecule has 0 saturated heterocycles. The molecule has 2 aromatic heterocycles. The minimum atomic E-state index is 1.03. The maximum Gasteiger partial charge on any atom is 0.158 e. The Morgan fingerprint density at radius 2 is 2.21 bits per heavy atom. The minimum Gasteiger partial charge on any atom is -0.250 e. The van der Waals surface area contributed by atoms with Crippen LogP contribution in [0.5, 0.6) is 0 Å². The van der Waals surface area contributed by atoms with Crippen molar-refractivity contribution in [3.63, 3.8) is 0 Å². The smallest absolute Gasteiger partial charge is 0.158 e. The van der Waals surface area contributed by atoms with Crippen molar-refractivity contribution < 1.29 is 0 Å². The summed E-state index contributed by atoms with van der Waals surface area (Å²) in [7, 11) is 1.96. The summed E-state index contributed by atoms with van der Waals surface area (Å²) in [5.41, 5.74) is 4.82. The second-order valence-electron chi connectivity index (χ2n) is 4.03. The molecule has 3 rings (SSSR count). The van der Waals surface area contributed by atoms with Gasteiger partial charge >= 0.3 is 0 Å². The van der Waals surface area contributed by atoms with Crippen LogP contribution < -0.4 is 0 Å². The van der Waals surface area contributed by atoms with Crippen LogP contribution in [-0.4, -0.2) is 14.8 Å². The maximum absolute atomic E-state index is 4.68. The molecule has 0 saturated carbocycles. The molecule has 2 heterocycles. The first-order valence-electron chi connectivity index (χ1n) is 5.08. The fraction of sp³-hybridized carbons (Fsp3) is 0.455. The number of hydrogen-bond acceptors (Lipinski definition) is 2. The average Bonchev–Trinajstić information content (AvgIpc) is 2.70. The van der Waals surface area contributed by atoms with E-state index in [2.05, 4.69) is 16.1 Å². The van der Waals surface area contributed by atoms with Gasteiger partial charge in [-0.05, 0) is 37.8 Å². The highest BCUT2D eigenvalue weighted by molar-refractivity contribution is 5.79. The van der Waals surface area contributed by atoms with Crippen LogP contribution >= 0.6 is 0 Å². The molecule has 0 unspecified atom stereocenters. The average molecular weight is 187 g/mol. The Morgan fingerprint density at radius 1 is 1.36 bits per heavy atom. The molecule has 0 aromatic carbocycles. The van der Waals surface area contributed by atoms with Crippen LogP contribution in [0.15, 0.2) is 6.07 Å². The van der Waals surface area contributed by atoms with E-state index < -0.39 is 0 Å². The summed E-state index contributed by atoms with van der Waals surface area (Å²) < 4.78 is 1.88. The molecule has 0 bridgehead atoms. The normalized spacial score (nSPS) is 15.0. The number of rotatable bonds is 0. The third-order valence-electron chi connectivity index (χ3n) is 3.03. The summed E-state index contributed by atoms with van der Waals surface area (Å²) in [6.45, 7) is 2.05. The molecule has 0 spiro atoms. The number of fused-ring (bicyclic) bond motifs is 2. The van der Waals surface area contributed by atoms with Gasteiger partial charge in [0, 0.05) is 18.1 Å². The molecule has 0 N–H and O–H groups in total. The molecule has 72 valence electrons. The van der Waals surface area contributed by atoms with Gasteiger partial charge in [0.05, 0.1) is 5.69 Å². The van der Waals surface area contributed by atoms with Gasteiger partial charge in [-0.2, -0.15) is 5.10 Å². The largest absolute Gasteiger partial charge is 0.250 e. The standard InChI is InChI=1S/C11H13N3/c1-7-9-6-8-4-3-5-10(8)12-11(9)14(2)13-7/h6H,3-5H2,1-2H3.